The zero-order chi connectivity index (χ0) is 6.69. The molecule has 0 bridgehead atoms. The topological polar surface area (TPSA) is 59.0 Å². The molecule has 2 atom stereocenters. The van der Waals surface area contributed by atoms with Gasteiger partial charge in [-0.2, -0.15) is 5.26 Å². The van der Waals surface area contributed by atoms with Crippen molar-refractivity contribution in [3.05, 3.63) is 0 Å². The molecule has 0 aromatic heterocycles. The van der Waals surface area contributed by atoms with Gasteiger partial charge in [-0.25, -0.2) is 0 Å². The molecule has 50 valence electrons. The van der Waals surface area contributed by atoms with Crippen molar-refractivity contribution in [3.8, 4) is 6.07 Å². The smallest absolute Gasteiger partial charge is 0.0848 e. The summed E-state index contributed by atoms with van der Waals surface area (Å²) in [5.74, 6) is -0.0845. The van der Waals surface area contributed by atoms with E-state index in [1.54, 1.807) is 0 Å². The second-order valence-corrected chi connectivity index (χ2v) is 2.26. The molecule has 1 heterocycles. The molecule has 3 heteroatoms. The minimum Gasteiger partial charge on any atom is -0.380 e. The van der Waals surface area contributed by atoms with E-state index >= 15 is 0 Å². The van der Waals surface area contributed by atoms with E-state index in [0.29, 0.717) is 13.2 Å². The van der Waals surface area contributed by atoms with Crippen molar-refractivity contribution in [2.75, 3.05) is 13.2 Å². The van der Waals surface area contributed by atoms with Gasteiger partial charge >= 0.3 is 0 Å². The van der Waals surface area contributed by atoms with Crippen molar-refractivity contribution in [3.63, 3.8) is 0 Å². The van der Waals surface area contributed by atoms with Crippen molar-refractivity contribution in [1.29, 1.82) is 5.26 Å². The van der Waals surface area contributed by atoms with Crippen molar-refractivity contribution < 1.29 is 4.74 Å². The molecule has 0 amide bonds. The van der Waals surface area contributed by atoms with Crippen LogP contribution in [0.15, 0.2) is 0 Å². The zero-order valence-corrected chi connectivity index (χ0v) is 5.21. The van der Waals surface area contributed by atoms with E-state index < -0.39 is 0 Å². The first-order chi connectivity index (χ1) is 4.34. The van der Waals surface area contributed by atoms with Gasteiger partial charge in [-0.3, -0.25) is 0 Å². The third kappa shape index (κ3) is 1.41. The summed E-state index contributed by atoms with van der Waals surface area (Å²) in [6.07, 6.45) is 0.818. The van der Waals surface area contributed by atoms with E-state index in [2.05, 4.69) is 6.07 Å². The van der Waals surface area contributed by atoms with Gasteiger partial charge in [0.25, 0.3) is 0 Å². The lowest BCUT2D eigenvalue weighted by Gasteiger charge is -2.22. The maximum Gasteiger partial charge on any atom is 0.0848 e. The lowest BCUT2D eigenvalue weighted by atomic mass is 9.99. The summed E-state index contributed by atoms with van der Waals surface area (Å²) in [7, 11) is 0. The van der Waals surface area contributed by atoms with E-state index in [9.17, 15) is 0 Å². The fraction of sp³-hybridized carbons (Fsp3) is 0.833. The van der Waals surface area contributed by atoms with Crippen LogP contribution in [0.5, 0.6) is 0 Å². The van der Waals surface area contributed by atoms with E-state index in [1.807, 2.05) is 0 Å². The van der Waals surface area contributed by atoms with Crippen LogP contribution in [0, 0.1) is 17.2 Å². The van der Waals surface area contributed by atoms with Crippen LogP contribution in [0.4, 0.5) is 0 Å². The minimum atomic E-state index is -0.0845. The molecule has 3 nitrogen and oxygen atoms in total. The van der Waals surface area contributed by atoms with Gasteiger partial charge in [-0.15, -0.1) is 0 Å². The third-order valence-corrected chi connectivity index (χ3v) is 1.58. The zero-order valence-electron chi connectivity index (χ0n) is 5.21. The van der Waals surface area contributed by atoms with Gasteiger partial charge in [0.15, 0.2) is 0 Å². The SMILES string of the molecule is N#CC1COCCC1N. The summed E-state index contributed by atoms with van der Waals surface area (Å²) in [6.45, 7) is 1.22. The van der Waals surface area contributed by atoms with Crippen LogP contribution in [0.25, 0.3) is 0 Å². The molecule has 2 unspecified atom stereocenters. The summed E-state index contributed by atoms with van der Waals surface area (Å²) in [5, 5.41) is 8.45. The van der Waals surface area contributed by atoms with Gasteiger partial charge < -0.3 is 10.5 Å². The monoisotopic (exact) mass is 126 g/mol. The second-order valence-electron chi connectivity index (χ2n) is 2.26. The van der Waals surface area contributed by atoms with Crippen LogP contribution in [0.1, 0.15) is 6.42 Å². The standard InChI is InChI=1S/C6H10N2O/c7-3-5-4-9-2-1-6(5)8/h5-6H,1-2,4,8H2. The maximum atomic E-state index is 8.45. The highest BCUT2D eigenvalue weighted by Gasteiger charge is 2.21. The summed E-state index contributed by atoms with van der Waals surface area (Å²) in [5.41, 5.74) is 5.59. The molecule has 1 fully saturated rings. The van der Waals surface area contributed by atoms with Crippen LogP contribution in [0.2, 0.25) is 0 Å². The molecule has 0 spiro atoms. The van der Waals surface area contributed by atoms with Gasteiger partial charge in [0.1, 0.15) is 0 Å². The normalized spacial score (nSPS) is 35.6. The van der Waals surface area contributed by atoms with Gasteiger partial charge in [-0.1, -0.05) is 0 Å². The van der Waals surface area contributed by atoms with E-state index in [0.717, 1.165) is 6.42 Å². The molecule has 2 N–H and O–H groups in total. The molecular formula is C6H10N2O. The Morgan fingerprint density at radius 2 is 2.44 bits per heavy atom. The molecular weight excluding hydrogens is 116 g/mol. The molecule has 0 aromatic carbocycles. The highest BCUT2D eigenvalue weighted by Crippen LogP contribution is 2.10. The Bertz CT molecular complexity index is 130. The molecule has 1 aliphatic rings. The number of hydrogen-bond acceptors (Lipinski definition) is 3. The molecule has 9 heavy (non-hydrogen) atoms. The quantitative estimate of drug-likeness (QED) is 0.492. The third-order valence-electron chi connectivity index (χ3n) is 1.58. The first-order valence-electron chi connectivity index (χ1n) is 3.07. The van der Waals surface area contributed by atoms with Crippen LogP contribution in [-0.4, -0.2) is 19.3 Å². The predicted octanol–water partition coefficient (Wildman–Crippen LogP) is -0.126. The Labute approximate surface area is 54.4 Å². The Morgan fingerprint density at radius 1 is 1.67 bits per heavy atom. The van der Waals surface area contributed by atoms with Crippen molar-refractivity contribution in [2.45, 2.75) is 12.5 Å². The van der Waals surface area contributed by atoms with Gasteiger partial charge in [-0.05, 0) is 6.42 Å². The summed E-state index contributed by atoms with van der Waals surface area (Å²) in [6, 6.07) is 2.13. The Hall–Kier alpha value is -0.590. The van der Waals surface area contributed by atoms with Crippen LogP contribution in [0.3, 0.4) is 0 Å². The highest BCUT2D eigenvalue weighted by atomic mass is 16.5. The fourth-order valence-electron chi connectivity index (χ4n) is 0.888. The summed E-state index contributed by atoms with van der Waals surface area (Å²) < 4.78 is 5.04. The highest BCUT2D eigenvalue weighted by molar-refractivity contribution is 4.92. The average Bonchev–Trinajstić information content (AvgIpc) is 1.89. The Balaban J connectivity index is 2.41. The molecule has 1 rings (SSSR count). The van der Waals surface area contributed by atoms with Crippen molar-refractivity contribution in [2.24, 2.45) is 11.7 Å². The number of nitrogens with two attached hydrogens (primary N) is 1. The van der Waals surface area contributed by atoms with Crippen molar-refractivity contribution >= 4 is 0 Å². The summed E-state index contributed by atoms with van der Waals surface area (Å²) in [4.78, 5) is 0. The molecule has 1 saturated heterocycles. The largest absolute Gasteiger partial charge is 0.380 e. The number of hydrogen-bond donors (Lipinski definition) is 1. The summed E-state index contributed by atoms with van der Waals surface area (Å²) >= 11 is 0. The second kappa shape index (κ2) is 2.81. The first-order valence-corrected chi connectivity index (χ1v) is 3.07. The van der Waals surface area contributed by atoms with Crippen LogP contribution in [-0.2, 0) is 4.74 Å². The van der Waals surface area contributed by atoms with Crippen LogP contribution >= 0.6 is 0 Å². The lowest BCUT2D eigenvalue weighted by molar-refractivity contribution is 0.0615. The average molecular weight is 126 g/mol. The van der Waals surface area contributed by atoms with Gasteiger partial charge in [0, 0.05) is 12.6 Å². The Morgan fingerprint density at radius 3 is 2.89 bits per heavy atom. The van der Waals surface area contributed by atoms with E-state index in [1.165, 1.54) is 0 Å². The van der Waals surface area contributed by atoms with Gasteiger partial charge in [0.2, 0.25) is 0 Å². The van der Waals surface area contributed by atoms with E-state index in [4.69, 9.17) is 15.7 Å². The van der Waals surface area contributed by atoms with Crippen LogP contribution < -0.4 is 5.73 Å². The van der Waals surface area contributed by atoms with E-state index in [-0.39, 0.29) is 12.0 Å². The number of nitrogens with zero attached hydrogens (tertiary/aromatic N) is 1. The first kappa shape index (κ1) is 6.53. The predicted molar refractivity (Wildman–Crippen MR) is 32.5 cm³/mol. The number of nitriles is 1. The maximum absolute atomic E-state index is 8.45. The molecule has 0 aliphatic carbocycles. The molecule has 0 saturated carbocycles. The van der Waals surface area contributed by atoms with Crippen molar-refractivity contribution in [1.82, 2.24) is 0 Å². The molecule has 1 aliphatic heterocycles. The molecule has 0 radical (unpaired) electrons. The lowest BCUT2D eigenvalue weighted by Crippen LogP contribution is -2.37. The molecule has 0 aromatic rings. The number of ether oxygens (including phenoxy) is 1. The fourth-order valence-corrected chi connectivity index (χ4v) is 0.888. The Kier molecular flexibility index (Phi) is 2.04. The minimum absolute atomic E-state index is 0.0312. The number of rotatable bonds is 0. The van der Waals surface area contributed by atoms with Gasteiger partial charge in [0.05, 0.1) is 18.6 Å².